The quantitative estimate of drug-likeness (QED) is 0.728. The van der Waals surface area contributed by atoms with Crippen molar-refractivity contribution in [3.05, 3.63) is 65.7 Å². The molecule has 0 aliphatic carbocycles. The number of aromatic amines is 1. The number of halogens is 1. The van der Waals surface area contributed by atoms with E-state index in [0.717, 1.165) is 32.4 Å². The Hall–Kier alpha value is -2.73. The Bertz CT molecular complexity index is 924. The van der Waals surface area contributed by atoms with Crippen molar-refractivity contribution >= 4 is 16.9 Å². The Balaban J connectivity index is 1.40. The molecule has 140 valence electrons. The summed E-state index contributed by atoms with van der Waals surface area (Å²) in [7, 11) is 0. The van der Waals surface area contributed by atoms with Crippen LogP contribution in [0.2, 0.25) is 0 Å². The number of imidazole rings is 1. The number of carbonyl (C=O) groups excluding carboxylic acids is 1. The highest BCUT2D eigenvalue weighted by Gasteiger charge is 2.28. The van der Waals surface area contributed by atoms with Crippen LogP contribution in [0.15, 0.2) is 48.5 Å². The molecule has 3 aromatic rings. The number of amides is 1. The van der Waals surface area contributed by atoms with Crippen molar-refractivity contribution in [3.63, 3.8) is 0 Å². The standard InChI is InChI=1S/C21H23FN4O/c22-16-9-10-17-18(12-16)25-20(24-17)13-23-21(27)19-8-4-5-11-26(19)14-15-6-2-1-3-7-15/h1-3,6-7,9-10,12,19H,4-5,8,11,13-14H2,(H,23,27)(H,24,25). The van der Waals surface area contributed by atoms with Crippen LogP contribution >= 0.6 is 0 Å². The number of hydrogen-bond acceptors (Lipinski definition) is 3. The van der Waals surface area contributed by atoms with Crippen LogP contribution in [0.1, 0.15) is 30.7 Å². The monoisotopic (exact) mass is 366 g/mol. The molecule has 6 heteroatoms. The molecule has 0 radical (unpaired) electrons. The van der Waals surface area contributed by atoms with E-state index in [0.29, 0.717) is 23.4 Å². The summed E-state index contributed by atoms with van der Waals surface area (Å²) in [5.41, 5.74) is 2.56. The lowest BCUT2D eigenvalue weighted by atomic mass is 10.0. The molecule has 1 saturated heterocycles. The normalized spacial score (nSPS) is 17.9. The second-order valence-electron chi connectivity index (χ2n) is 7.03. The summed E-state index contributed by atoms with van der Waals surface area (Å²) in [4.78, 5) is 22.5. The van der Waals surface area contributed by atoms with Gasteiger partial charge in [-0.3, -0.25) is 9.69 Å². The highest BCUT2D eigenvalue weighted by molar-refractivity contribution is 5.82. The third-order valence-corrected chi connectivity index (χ3v) is 5.07. The fraction of sp³-hybridized carbons (Fsp3) is 0.333. The zero-order valence-corrected chi connectivity index (χ0v) is 15.1. The lowest BCUT2D eigenvalue weighted by Crippen LogP contribution is -2.48. The van der Waals surface area contributed by atoms with Gasteiger partial charge in [-0.25, -0.2) is 9.37 Å². The van der Waals surface area contributed by atoms with Crippen LogP contribution < -0.4 is 5.32 Å². The Kier molecular flexibility index (Phi) is 5.16. The van der Waals surface area contributed by atoms with E-state index in [2.05, 4.69) is 32.3 Å². The molecule has 0 bridgehead atoms. The van der Waals surface area contributed by atoms with Crippen LogP contribution in [-0.4, -0.2) is 33.4 Å². The van der Waals surface area contributed by atoms with E-state index in [-0.39, 0.29) is 17.8 Å². The summed E-state index contributed by atoms with van der Waals surface area (Å²) < 4.78 is 13.3. The molecule has 1 unspecified atom stereocenters. The Morgan fingerprint density at radius 2 is 2.07 bits per heavy atom. The molecule has 0 saturated carbocycles. The van der Waals surface area contributed by atoms with Gasteiger partial charge >= 0.3 is 0 Å². The second kappa shape index (κ2) is 7.88. The van der Waals surface area contributed by atoms with Gasteiger partial charge in [0.15, 0.2) is 0 Å². The van der Waals surface area contributed by atoms with Gasteiger partial charge in [-0.15, -0.1) is 0 Å². The van der Waals surface area contributed by atoms with Crippen LogP contribution in [0.5, 0.6) is 0 Å². The lowest BCUT2D eigenvalue weighted by molar-refractivity contribution is -0.128. The number of H-pyrrole nitrogens is 1. The summed E-state index contributed by atoms with van der Waals surface area (Å²) in [6.07, 6.45) is 3.04. The zero-order chi connectivity index (χ0) is 18.6. The number of nitrogens with one attached hydrogen (secondary N) is 2. The maximum absolute atomic E-state index is 13.3. The number of hydrogen-bond donors (Lipinski definition) is 2. The van der Waals surface area contributed by atoms with Crippen LogP contribution in [0.25, 0.3) is 11.0 Å². The molecule has 2 aromatic carbocycles. The first-order chi connectivity index (χ1) is 13.2. The molecule has 27 heavy (non-hydrogen) atoms. The van der Waals surface area contributed by atoms with Gasteiger partial charge in [-0.2, -0.15) is 0 Å². The maximum Gasteiger partial charge on any atom is 0.237 e. The van der Waals surface area contributed by atoms with Gasteiger partial charge in [0.1, 0.15) is 11.6 Å². The molecule has 1 fully saturated rings. The number of rotatable bonds is 5. The van der Waals surface area contributed by atoms with E-state index < -0.39 is 0 Å². The smallest absolute Gasteiger partial charge is 0.237 e. The van der Waals surface area contributed by atoms with E-state index in [1.807, 2.05) is 18.2 Å². The first-order valence-electron chi connectivity index (χ1n) is 9.39. The van der Waals surface area contributed by atoms with Crippen molar-refractivity contribution in [1.29, 1.82) is 0 Å². The zero-order valence-electron chi connectivity index (χ0n) is 15.1. The fourth-order valence-electron chi connectivity index (χ4n) is 3.70. The average Bonchev–Trinajstić information content (AvgIpc) is 3.09. The van der Waals surface area contributed by atoms with Crippen LogP contribution in [0.4, 0.5) is 4.39 Å². The minimum atomic E-state index is -0.305. The Labute approximate surface area is 157 Å². The van der Waals surface area contributed by atoms with E-state index in [9.17, 15) is 9.18 Å². The molecule has 4 rings (SSSR count). The van der Waals surface area contributed by atoms with Gasteiger partial charge in [0, 0.05) is 6.54 Å². The fourth-order valence-corrected chi connectivity index (χ4v) is 3.70. The Morgan fingerprint density at radius 1 is 1.22 bits per heavy atom. The maximum atomic E-state index is 13.3. The summed E-state index contributed by atoms with van der Waals surface area (Å²) in [6.45, 7) is 2.02. The number of benzene rings is 2. The van der Waals surface area contributed by atoms with Crippen molar-refractivity contribution in [2.24, 2.45) is 0 Å². The minimum absolute atomic E-state index is 0.0252. The van der Waals surface area contributed by atoms with Crippen molar-refractivity contribution in [1.82, 2.24) is 20.2 Å². The van der Waals surface area contributed by atoms with Crippen molar-refractivity contribution in [3.8, 4) is 0 Å². The lowest BCUT2D eigenvalue weighted by Gasteiger charge is -2.34. The number of fused-ring (bicyclic) bond motifs is 1. The van der Waals surface area contributed by atoms with E-state index in [1.165, 1.54) is 17.7 Å². The van der Waals surface area contributed by atoms with Crippen molar-refractivity contribution in [2.75, 3.05) is 6.54 Å². The molecule has 1 aliphatic heterocycles. The van der Waals surface area contributed by atoms with Crippen molar-refractivity contribution < 1.29 is 9.18 Å². The first kappa shape index (κ1) is 17.7. The van der Waals surface area contributed by atoms with Crippen LogP contribution in [0.3, 0.4) is 0 Å². The predicted octanol–water partition coefficient (Wildman–Crippen LogP) is 3.37. The molecule has 5 nitrogen and oxygen atoms in total. The molecule has 2 N–H and O–H groups in total. The van der Waals surface area contributed by atoms with E-state index in [1.54, 1.807) is 6.07 Å². The predicted molar refractivity (Wildman–Crippen MR) is 102 cm³/mol. The van der Waals surface area contributed by atoms with Gasteiger partial charge in [0.25, 0.3) is 0 Å². The summed E-state index contributed by atoms with van der Waals surface area (Å²) in [6, 6.07) is 14.6. The number of likely N-dealkylation sites (tertiary alicyclic amines) is 1. The number of nitrogens with zero attached hydrogens (tertiary/aromatic N) is 2. The van der Waals surface area contributed by atoms with Gasteiger partial charge < -0.3 is 10.3 Å². The second-order valence-corrected chi connectivity index (χ2v) is 7.03. The summed E-state index contributed by atoms with van der Waals surface area (Å²) in [5.74, 6) is 0.354. The summed E-state index contributed by atoms with van der Waals surface area (Å²) in [5, 5.41) is 2.99. The first-order valence-corrected chi connectivity index (χ1v) is 9.39. The number of piperidine rings is 1. The highest BCUT2D eigenvalue weighted by atomic mass is 19.1. The molecule has 1 amide bonds. The molecule has 0 spiro atoms. The third kappa shape index (κ3) is 4.17. The minimum Gasteiger partial charge on any atom is -0.348 e. The molecule has 1 atom stereocenters. The summed E-state index contributed by atoms with van der Waals surface area (Å²) >= 11 is 0. The van der Waals surface area contributed by atoms with Crippen molar-refractivity contribution in [2.45, 2.75) is 38.4 Å². The number of aromatic nitrogens is 2. The van der Waals surface area contributed by atoms with Crippen LogP contribution in [0, 0.1) is 5.82 Å². The van der Waals surface area contributed by atoms with Gasteiger partial charge in [-0.05, 0) is 43.1 Å². The Morgan fingerprint density at radius 3 is 2.93 bits per heavy atom. The topological polar surface area (TPSA) is 61.0 Å². The average molecular weight is 366 g/mol. The highest BCUT2D eigenvalue weighted by Crippen LogP contribution is 2.20. The SMILES string of the molecule is O=C(NCc1nc2ccc(F)cc2[nH]1)C1CCCCN1Cc1ccccc1. The number of carbonyl (C=O) groups is 1. The third-order valence-electron chi connectivity index (χ3n) is 5.07. The molecular weight excluding hydrogens is 343 g/mol. The largest absolute Gasteiger partial charge is 0.348 e. The van der Waals surface area contributed by atoms with Gasteiger partial charge in [-0.1, -0.05) is 36.8 Å². The van der Waals surface area contributed by atoms with E-state index in [4.69, 9.17) is 0 Å². The molecular formula is C21H23FN4O. The van der Waals surface area contributed by atoms with Gasteiger partial charge in [0.2, 0.25) is 5.91 Å². The molecule has 1 aromatic heterocycles. The van der Waals surface area contributed by atoms with E-state index >= 15 is 0 Å². The molecule has 2 heterocycles. The van der Waals surface area contributed by atoms with Crippen LogP contribution in [-0.2, 0) is 17.9 Å². The molecule has 1 aliphatic rings. The van der Waals surface area contributed by atoms with Gasteiger partial charge in [0.05, 0.1) is 23.6 Å².